The molecule has 0 spiro atoms. The van der Waals surface area contributed by atoms with E-state index in [0.717, 1.165) is 0 Å². The summed E-state index contributed by atoms with van der Waals surface area (Å²) in [7, 11) is 2.89. The van der Waals surface area contributed by atoms with Gasteiger partial charge in [-0.2, -0.15) is 0 Å². The average Bonchev–Trinajstić information content (AvgIpc) is 2.41. The monoisotopic (exact) mass is 281 g/mol. The van der Waals surface area contributed by atoms with E-state index in [4.69, 9.17) is 15.2 Å². The summed E-state index contributed by atoms with van der Waals surface area (Å²) in [4.78, 5) is 22.9. The predicted molar refractivity (Wildman–Crippen MR) is 75.8 cm³/mol. The van der Waals surface area contributed by atoms with Crippen molar-refractivity contribution in [2.24, 2.45) is 5.73 Å². The molecule has 0 saturated carbocycles. The molecule has 0 aliphatic rings. The van der Waals surface area contributed by atoms with Gasteiger partial charge in [-0.15, -0.1) is 0 Å². The first-order chi connectivity index (χ1) is 9.51. The third-order valence-corrected chi connectivity index (χ3v) is 2.57. The third-order valence-electron chi connectivity index (χ3n) is 2.57. The van der Waals surface area contributed by atoms with Crippen LogP contribution in [0.25, 0.3) is 0 Å². The van der Waals surface area contributed by atoms with Crippen LogP contribution >= 0.6 is 0 Å². The van der Waals surface area contributed by atoms with E-state index in [9.17, 15) is 9.59 Å². The van der Waals surface area contributed by atoms with E-state index in [1.165, 1.54) is 21.1 Å². The maximum Gasteiger partial charge on any atom is 0.254 e. The number of nitrogens with two attached hydrogens (primary N) is 1. The summed E-state index contributed by atoms with van der Waals surface area (Å²) in [5, 5.41) is 5.29. The lowest BCUT2D eigenvalue weighted by Gasteiger charge is -2.15. The molecule has 0 fully saturated rings. The van der Waals surface area contributed by atoms with Gasteiger partial charge >= 0.3 is 0 Å². The van der Waals surface area contributed by atoms with Crippen molar-refractivity contribution in [3.05, 3.63) is 18.2 Å². The van der Waals surface area contributed by atoms with Crippen molar-refractivity contribution in [3.8, 4) is 5.75 Å². The van der Waals surface area contributed by atoms with E-state index in [2.05, 4.69) is 10.6 Å². The number of anilines is 2. The second-order valence-corrected chi connectivity index (χ2v) is 4.05. The van der Waals surface area contributed by atoms with Crippen molar-refractivity contribution in [2.45, 2.75) is 13.0 Å². The third kappa shape index (κ3) is 4.22. The molecule has 1 aromatic carbocycles. The zero-order valence-corrected chi connectivity index (χ0v) is 11.7. The van der Waals surface area contributed by atoms with Gasteiger partial charge in [0.1, 0.15) is 11.9 Å². The number of methoxy groups -OCH3 is 2. The summed E-state index contributed by atoms with van der Waals surface area (Å²) in [5.74, 6) is -0.105. The maximum atomic E-state index is 11.8. The highest BCUT2D eigenvalue weighted by Gasteiger charge is 2.16. The molecule has 20 heavy (non-hydrogen) atoms. The lowest BCUT2D eigenvalue weighted by Crippen LogP contribution is -2.35. The Bertz CT molecular complexity index is 487. The van der Waals surface area contributed by atoms with E-state index in [0.29, 0.717) is 17.1 Å². The van der Waals surface area contributed by atoms with E-state index >= 15 is 0 Å². The SMILES string of the molecule is COc1cc(NC(=O)C(CN)OC)ccc1NC(C)=O. The van der Waals surface area contributed by atoms with Crippen molar-refractivity contribution >= 4 is 23.2 Å². The molecule has 0 aliphatic carbocycles. The number of benzene rings is 1. The van der Waals surface area contributed by atoms with Crippen LogP contribution in [0.3, 0.4) is 0 Å². The van der Waals surface area contributed by atoms with E-state index in [1.54, 1.807) is 18.2 Å². The van der Waals surface area contributed by atoms with Gasteiger partial charge in [-0.1, -0.05) is 0 Å². The normalized spacial score (nSPS) is 11.6. The number of ether oxygens (including phenoxy) is 2. The zero-order valence-electron chi connectivity index (χ0n) is 11.7. The van der Waals surface area contributed by atoms with Crippen LogP contribution in [0.2, 0.25) is 0 Å². The fraction of sp³-hybridized carbons (Fsp3) is 0.385. The Morgan fingerprint density at radius 1 is 1.30 bits per heavy atom. The number of carbonyl (C=O) groups is 2. The standard InChI is InChI=1S/C13H19N3O4/c1-8(17)15-10-5-4-9(6-11(10)19-2)16-13(18)12(7-14)20-3/h4-6,12H,7,14H2,1-3H3,(H,15,17)(H,16,18). The first-order valence-electron chi connectivity index (χ1n) is 6.01. The highest BCUT2D eigenvalue weighted by molar-refractivity contribution is 5.96. The Hall–Kier alpha value is -2.12. The van der Waals surface area contributed by atoms with Gasteiger partial charge in [-0.3, -0.25) is 9.59 Å². The number of carbonyl (C=O) groups excluding carboxylic acids is 2. The fourth-order valence-corrected chi connectivity index (χ4v) is 1.59. The molecular weight excluding hydrogens is 262 g/mol. The van der Waals surface area contributed by atoms with Crippen LogP contribution < -0.4 is 21.1 Å². The Balaban J connectivity index is 2.87. The molecule has 7 heteroatoms. The van der Waals surface area contributed by atoms with Crippen LogP contribution in [0, 0.1) is 0 Å². The Kier molecular flexibility index (Phi) is 5.95. The molecular formula is C13H19N3O4. The highest BCUT2D eigenvalue weighted by atomic mass is 16.5. The molecule has 110 valence electrons. The summed E-state index contributed by atoms with van der Waals surface area (Å²) in [6, 6.07) is 4.89. The lowest BCUT2D eigenvalue weighted by molar-refractivity contribution is -0.125. The van der Waals surface area contributed by atoms with Crippen LogP contribution in [0.15, 0.2) is 18.2 Å². The molecule has 1 aromatic rings. The summed E-state index contributed by atoms with van der Waals surface area (Å²) in [6.07, 6.45) is -0.712. The molecule has 1 atom stereocenters. The predicted octanol–water partition coefficient (Wildman–Crippen LogP) is 0.566. The van der Waals surface area contributed by atoms with Crippen molar-refractivity contribution in [1.82, 2.24) is 0 Å². The first-order valence-corrected chi connectivity index (χ1v) is 6.01. The minimum Gasteiger partial charge on any atom is -0.494 e. The second kappa shape index (κ2) is 7.46. The first kappa shape index (κ1) is 15.9. The minimum absolute atomic E-state index is 0.0867. The smallest absolute Gasteiger partial charge is 0.254 e. The van der Waals surface area contributed by atoms with Gasteiger partial charge in [0.15, 0.2) is 0 Å². The van der Waals surface area contributed by atoms with E-state index in [-0.39, 0.29) is 18.4 Å². The Labute approximate surface area is 117 Å². The van der Waals surface area contributed by atoms with E-state index in [1.807, 2.05) is 0 Å². The average molecular weight is 281 g/mol. The van der Waals surface area contributed by atoms with Crippen LogP contribution in [0.4, 0.5) is 11.4 Å². The van der Waals surface area contributed by atoms with Crippen LogP contribution in [-0.2, 0) is 14.3 Å². The van der Waals surface area contributed by atoms with Crippen molar-refractivity contribution < 1.29 is 19.1 Å². The van der Waals surface area contributed by atoms with Crippen molar-refractivity contribution in [1.29, 1.82) is 0 Å². The molecule has 0 heterocycles. The quantitative estimate of drug-likeness (QED) is 0.707. The van der Waals surface area contributed by atoms with Crippen molar-refractivity contribution in [3.63, 3.8) is 0 Å². The Morgan fingerprint density at radius 3 is 2.50 bits per heavy atom. The van der Waals surface area contributed by atoms with Gasteiger partial charge in [-0.05, 0) is 12.1 Å². The van der Waals surface area contributed by atoms with Crippen LogP contribution in [-0.4, -0.2) is 38.7 Å². The number of nitrogens with one attached hydrogen (secondary N) is 2. The second-order valence-electron chi connectivity index (χ2n) is 4.05. The minimum atomic E-state index is -0.712. The summed E-state index contributed by atoms with van der Waals surface area (Å²) in [5.41, 5.74) is 6.47. The topological polar surface area (TPSA) is 103 Å². The fourth-order valence-electron chi connectivity index (χ4n) is 1.59. The van der Waals surface area contributed by atoms with Gasteiger partial charge < -0.3 is 25.8 Å². The molecule has 0 radical (unpaired) electrons. The van der Waals surface area contributed by atoms with Gasteiger partial charge in [0.25, 0.3) is 5.91 Å². The molecule has 4 N–H and O–H groups in total. The van der Waals surface area contributed by atoms with Crippen LogP contribution in [0.5, 0.6) is 5.75 Å². The molecule has 1 unspecified atom stereocenters. The summed E-state index contributed by atoms with van der Waals surface area (Å²) in [6.45, 7) is 1.49. The molecule has 1 rings (SSSR count). The highest BCUT2D eigenvalue weighted by Crippen LogP contribution is 2.28. The largest absolute Gasteiger partial charge is 0.494 e. The Morgan fingerprint density at radius 2 is 2.00 bits per heavy atom. The molecule has 0 aromatic heterocycles. The van der Waals surface area contributed by atoms with Crippen LogP contribution in [0.1, 0.15) is 6.92 Å². The summed E-state index contributed by atoms with van der Waals surface area (Å²) < 4.78 is 10.1. The number of hydrogen-bond acceptors (Lipinski definition) is 5. The molecule has 0 saturated heterocycles. The molecule has 0 aliphatic heterocycles. The number of rotatable bonds is 6. The van der Waals surface area contributed by atoms with Gasteiger partial charge in [0.05, 0.1) is 12.8 Å². The van der Waals surface area contributed by atoms with Crippen molar-refractivity contribution in [2.75, 3.05) is 31.4 Å². The number of amides is 2. The van der Waals surface area contributed by atoms with Gasteiger partial charge in [0, 0.05) is 32.3 Å². The van der Waals surface area contributed by atoms with Gasteiger partial charge in [-0.25, -0.2) is 0 Å². The molecule has 7 nitrogen and oxygen atoms in total. The summed E-state index contributed by atoms with van der Waals surface area (Å²) >= 11 is 0. The maximum absolute atomic E-state index is 11.8. The zero-order chi connectivity index (χ0) is 15.1. The number of hydrogen-bond donors (Lipinski definition) is 3. The molecule has 0 bridgehead atoms. The molecule has 2 amide bonds. The van der Waals surface area contributed by atoms with Gasteiger partial charge in [0.2, 0.25) is 5.91 Å². The lowest BCUT2D eigenvalue weighted by atomic mass is 10.2. The van der Waals surface area contributed by atoms with E-state index < -0.39 is 6.10 Å².